The van der Waals surface area contributed by atoms with Crippen molar-refractivity contribution >= 4 is 29.1 Å². The maximum atomic E-state index is 13.4. The van der Waals surface area contributed by atoms with Crippen LogP contribution >= 0.6 is 11.6 Å². The summed E-state index contributed by atoms with van der Waals surface area (Å²) < 4.78 is 38.0. The molecule has 35 heavy (non-hydrogen) atoms. The van der Waals surface area contributed by atoms with E-state index in [4.69, 9.17) is 21.1 Å². The Morgan fingerprint density at radius 1 is 1.23 bits per heavy atom. The number of pyridine rings is 1. The van der Waals surface area contributed by atoms with Gasteiger partial charge in [0, 0.05) is 18.8 Å². The largest absolute Gasteiger partial charge is 0.491 e. The predicted octanol–water partition coefficient (Wildman–Crippen LogP) is 3.74. The number of ether oxygens (including phenoxy) is 2. The number of hydrogen-bond donors (Lipinski definition) is 1. The Labute approximate surface area is 204 Å². The molecule has 0 saturated heterocycles. The third-order valence-electron chi connectivity index (χ3n) is 5.58. The molecule has 9 nitrogen and oxygen atoms in total. The lowest BCUT2D eigenvalue weighted by atomic mass is 10.0. The van der Waals surface area contributed by atoms with Crippen LogP contribution in [0.15, 0.2) is 42.7 Å². The SMILES string of the molecule is COc1cc(C(=O)N2CCC(NC(=O)c3ccccc3Cl)c3c2cnn3CC(F)F)cnc1OC. The molecule has 1 atom stereocenters. The standard InChI is InChI=1S/C23H22ClF2N5O4/c1-34-18-9-13(10-27-22(18)35-2)23(33)30-8-7-16(20-17(30)11-28-31(20)12-19(25)26)29-21(32)14-5-3-4-6-15(14)24/h3-6,9-11,16,19H,7-8,12H2,1-2H3,(H,29,32). The van der Waals surface area contributed by atoms with E-state index < -0.39 is 30.8 Å². The first-order valence-corrected chi connectivity index (χ1v) is 11.0. The van der Waals surface area contributed by atoms with Crippen LogP contribution in [0, 0.1) is 0 Å². The fraction of sp³-hybridized carbons (Fsp3) is 0.304. The molecule has 3 aromatic rings. The number of fused-ring (bicyclic) bond motifs is 1. The van der Waals surface area contributed by atoms with Crippen LogP contribution in [0.5, 0.6) is 11.6 Å². The van der Waals surface area contributed by atoms with Crippen molar-refractivity contribution < 1.29 is 27.8 Å². The minimum Gasteiger partial charge on any atom is -0.491 e. The summed E-state index contributed by atoms with van der Waals surface area (Å²) in [5.41, 5.74) is 1.10. The topological polar surface area (TPSA) is 98.6 Å². The number of benzene rings is 1. The number of halogens is 3. The quantitative estimate of drug-likeness (QED) is 0.525. The fourth-order valence-electron chi connectivity index (χ4n) is 3.98. The number of carbonyl (C=O) groups is 2. The molecule has 1 aromatic carbocycles. The number of aromatic nitrogens is 3. The molecule has 1 aliphatic rings. The van der Waals surface area contributed by atoms with Crippen LogP contribution in [0.4, 0.5) is 14.5 Å². The van der Waals surface area contributed by atoms with E-state index in [1.807, 2.05) is 0 Å². The van der Waals surface area contributed by atoms with E-state index in [0.717, 1.165) is 4.68 Å². The lowest BCUT2D eigenvalue weighted by Crippen LogP contribution is -2.42. The van der Waals surface area contributed by atoms with Gasteiger partial charge in [-0.15, -0.1) is 0 Å². The highest BCUT2D eigenvalue weighted by Crippen LogP contribution is 2.36. The Hall–Kier alpha value is -3.73. The molecule has 184 valence electrons. The van der Waals surface area contributed by atoms with E-state index >= 15 is 0 Å². The second kappa shape index (κ2) is 10.3. The molecular formula is C23H22ClF2N5O4. The van der Waals surface area contributed by atoms with Crippen molar-refractivity contribution in [2.24, 2.45) is 0 Å². The fourth-order valence-corrected chi connectivity index (χ4v) is 4.20. The number of hydrogen-bond acceptors (Lipinski definition) is 6. The van der Waals surface area contributed by atoms with Crippen LogP contribution in [0.3, 0.4) is 0 Å². The summed E-state index contributed by atoms with van der Waals surface area (Å²) in [7, 11) is 2.85. The lowest BCUT2D eigenvalue weighted by molar-refractivity contribution is 0.0928. The molecule has 0 radical (unpaired) electrons. The number of anilines is 1. The third-order valence-corrected chi connectivity index (χ3v) is 5.91. The van der Waals surface area contributed by atoms with Crippen LogP contribution in [0.1, 0.15) is 38.9 Å². The van der Waals surface area contributed by atoms with E-state index in [2.05, 4.69) is 15.4 Å². The Morgan fingerprint density at radius 2 is 2.00 bits per heavy atom. The van der Waals surface area contributed by atoms with E-state index in [-0.39, 0.29) is 40.7 Å². The van der Waals surface area contributed by atoms with Gasteiger partial charge < -0.3 is 19.7 Å². The highest BCUT2D eigenvalue weighted by molar-refractivity contribution is 6.33. The minimum atomic E-state index is -2.68. The first-order chi connectivity index (χ1) is 16.8. The zero-order valence-electron chi connectivity index (χ0n) is 18.9. The van der Waals surface area contributed by atoms with Crippen LogP contribution in [0.25, 0.3) is 0 Å². The summed E-state index contributed by atoms with van der Waals surface area (Å²) in [6.07, 6.45) is 0.278. The number of alkyl halides is 2. The Bertz CT molecular complexity index is 1250. The van der Waals surface area contributed by atoms with Crippen molar-refractivity contribution in [1.29, 1.82) is 0 Å². The summed E-state index contributed by atoms with van der Waals surface area (Å²) in [6, 6.07) is 7.35. The van der Waals surface area contributed by atoms with Gasteiger partial charge in [0.25, 0.3) is 24.1 Å². The number of amides is 2. The third kappa shape index (κ3) is 4.90. The smallest absolute Gasteiger partial charge is 0.260 e. The van der Waals surface area contributed by atoms with E-state index in [0.29, 0.717) is 11.4 Å². The van der Waals surface area contributed by atoms with E-state index in [9.17, 15) is 18.4 Å². The summed E-state index contributed by atoms with van der Waals surface area (Å²) in [4.78, 5) is 31.8. The first-order valence-electron chi connectivity index (χ1n) is 10.6. The van der Waals surface area contributed by atoms with Crippen molar-refractivity contribution in [3.8, 4) is 11.6 Å². The van der Waals surface area contributed by atoms with Crippen molar-refractivity contribution in [3.05, 3.63) is 64.6 Å². The van der Waals surface area contributed by atoms with Crippen molar-refractivity contribution in [1.82, 2.24) is 20.1 Å². The van der Waals surface area contributed by atoms with Gasteiger partial charge in [-0.25, -0.2) is 13.8 Å². The molecule has 0 spiro atoms. The van der Waals surface area contributed by atoms with Crippen LogP contribution in [-0.2, 0) is 6.54 Å². The number of nitrogens with zero attached hydrogens (tertiary/aromatic N) is 4. The zero-order valence-corrected chi connectivity index (χ0v) is 19.6. The molecule has 0 bridgehead atoms. The van der Waals surface area contributed by atoms with Gasteiger partial charge in [-0.3, -0.25) is 14.3 Å². The maximum Gasteiger partial charge on any atom is 0.260 e. The van der Waals surface area contributed by atoms with Gasteiger partial charge in [-0.1, -0.05) is 23.7 Å². The molecule has 2 aromatic heterocycles. The zero-order chi connectivity index (χ0) is 25.1. The number of rotatable bonds is 7. The van der Waals surface area contributed by atoms with Crippen LogP contribution in [-0.4, -0.2) is 53.8 Å². The number of carbonyl (C=O) groups excluding carboxylic acids is 2. The van der Waals surface area contributed by atoms with Gasteiger partial charge in [0.2, 0.25) is 0 Å². The van der Waals surface area contributed by atoms with Crippen LogP contribution < -0.4 is 19.7 Å². The van der Waals surface area contributed by atoms with Crippen molar-refractivity contribution in [2.75, 3.05) is 25.7 Å². The summed E-state index contributed by atoms with van der Waals surface area (Å²) >= 11 is 6.14. The average Bonchev–Trinajstić information content (AvgIpc) is 3.27. The molecule has 0 saturated carbocycles. The second-order valence-corrected chi connectivity index (χ2v) is 8.08. The molecule has 0 aliphatic carbocycles. The predicted molar refractivity (Wildman–Crippen MR) is 124 cm³/mol. The second-order valence-electron chi connectivity index (χ2n) is 7.68. The van der Waals surface area contributed by atoms with Gasteiger partial charge in [-0.05, 0) is 18.6 Å². The highest BCUT2D eigenvalue weighted by atomic mass is 35.5. The monoisotopic (exact) mass is 505 g/mol. The number of methoxy groups -OCH3 is 2. The molecule has 2 amide bonds. The van der Waals surface area contributed by atoms with E-state index in [1.165, 1.54) is 37.6 Å². The maximum absolute atomic E-state index is 13.4. The molecule has 1 aliphatic heterocycles. The Balaban J connectivity index is 1.67. The minimum absolute atomic E-state index is 0.202. The average molecular weight is 506 g/mol. The molecule has 1 N–H and O–H groups in total. The molecule has 0 fully saturated rings. The van der Waals surface area contributed by atoms with Crippen LogP contribution in [0.2, 0.25) is 5.02 Å². The van der Waals surface area contributed by atoms with E-state index in [1.54, 1.807) is 24.3 Å². The highest BCUT2D eigenvalue weighted by Gasteiger charge is 2.35. The van der Waals surface area contributed by atoms with Gasteiger partial charge in [-0.2, -0.15) is 5.10 Å². The van der Waals surface area contributed by atoms with Gasteiger partial charge in [0.15, 0.2) is 5.75 Å². The van der Waals surface area contributed by atoms with Gasteiger partial charge in [0.05, 0.1) is 54.0 Å². The van der Waals surface area contributed by atoms with Crippen molar-refractivity contribution in [3.63, 3.8) is 0 Å². The molecule has 12 heteroatoms. The van der Waals surface area contributed by atoms with Gasteiger partial charge in [0.1, 0.15) is 6.54 Å². The Kier molecular flexibility index (Phi) is 7.15. The molecular weight excluding hydrogens is 484 g/mol. The van der Waals surface area contributed by atoms with Gasteiger partial charge >= 0.3 is 0 Å². The molecule has 3 heterocycles. The lowest BCUT2D eigenvalue weighted by Gasteiger charge is -2.33. The summed E-state index contributed by atoms with van der Waals surface area (Å²) in [5.74, 6) is -0.392. The molecule has 1 unspecified atom stereocenters. The summed E-state index contributed by atoms with van der Waals surface area (Å²) in [5, 5.41) is 7.19. The van der Waals surface area contributed by atoms with Crippen molar-refractivity contribution in [2.45, 2.75) is 25.4 Å². The summed E-state index contributed by atoms with van der Waals surface area (Å²) in [6.45, 7) is -0.484. The Morgan fingerprint density at radius 3 is 2.69 bits per heavy atom. The normalized spacial score (nSPS) is 15.0. The number of nitrogens with one attached hydrogen (secondary N) is 1. The first kappa shape index (κ1) is 24.4. The molecule has 4 rings (SSSR count).